The third-order valence-electron chi connectivity index (χ3n) is 7.04. The van der Waals surface area contributed by atoms with Gasteiger partial charge in [0.05, 0.1) is 12.2 Å². The van der Waals surface area contributed by atoms with E-state index in [2.05, 4.69) is 19.2 Å². The molecule has 3 N–H and O–H groups in total. The van der Waals surface area contributed by atoms with Crippen molar-refractivity contribution < 1.29 is 10.2 Å². The molecule has 0 aliphatic rings. The van der Waals surface area contributed by atoms with Crippen LogP contribution < -0.4 is 5.32 Å². The molecule has 0 heterocycles. The molecule has 0 aromatic carbocycles. The van der Waals surface area contributed by atoms with Crippen LogP contribution >= 0.6 is 0 Å². The average molecular weight is 470 g/mol. The van der Waals surface area contributed by atoms with Crippen molar-refractivity contribution in [3.8, 4) is 0 Å². The first-order valence-electron chi connectivity index (χ1n) is 15.3. The smallest absolute Gasteiger partial charge is 0.0664 e. The summed E-state index contributed by atoms with van der Waals surface area (Å²) in [6, 6.07) is 0. The molecule has 0 rings (SSSR count). The molecule has 3 nitrogen and oxygen atoms in total. The average Bonchev–Trinajstić information content (AvgIpc) is 2.81. The highest BCUT2D eigenvalue weighted by atomic mass is 16.3. The van der Waals surface area contributed by atoms with Crippen LogP contribution in [0.1, 0.15) is 168 Å². The minimum absolute atomic E-state index is 0.266. The van der Waals surface area contributed by atoms with Gasteiger partial charge in [-0.3, -0.25) is 0 Å². The van der Waals surface area contributed by atoms with Crippen LogP contribution in [0.15, 0.2) is 0 Å². The minimum Gasteiger partial charge on any atom is -0.392 e. The van der Waals surface area contributed by atoms with Gasteiger partial charge >= 0.3 is 0 Å². The molecule has 200 valence electrons. The van der Waals surface area contributed by atoms with Gasteiger partial charge in [-0.25, -0.2) is 0 Å². The van der Waals surface area contributed by atoms with Gasteiger partial charge in [-0.2, -0.15) is 0 Å². The molecular weight excluding hydrogens is 406 g/mol. The first-order valence-corrected chi connectivity index (χ1v) is 15.3. The van der Waals surface area contributed by atoms with Crippen molar-refractivity contribution in [3.05, 3.63) is 0 Å². The van der Waals surface area contributed by atoms with Gasteiger partial charge < -0.3 is 15.5 Å². The Morgan fingerprint density at radius 3 is 0.909 bits per heavy atom. The molecular formula is C30H63NO2. The van der Waals surface area contributed by atoms with E-state index in [1.54, 1.807) is 0 Å². The fourth-order valence-electron chi connectivity index (χ4n) is 4.71. The van der Waals surface area contributed by atoms with Gasteiger partial charge in [0.1, 0.15) is 0 Å². The monoisotopic (exact) mass is 469 g/mol. The third-order valence-corrected chi connectivity index (χ3v) is 7.04. The quantitative estimate of drug-likeness (QED) is 0.100. The number of hydrogen-bond donors (Lipinski definition) is 3. The molecule has 33 heavy (non-hydrogen) atoms. The van der Waals surface area contributed by atoms with Crippen LogP contribution in [0.3, 0.4) is 0 Å². The summed E-state index contributed by atoms with van der Waals surface area (Å²) < 4.78 is 0. The Labute approximate surface area is 208 Å². The first kappa shape index (κ1) is 32.9. The van der Waals surface area contributed by atoms with Crippen molar-refractivity contribution in [2.45, 2.75) is 180 Å². The van der Waals surface area contributed by atoms with E-state index in [1.807, 2.05) is 0 Å². The van der Waals surface area contributed by atoms with Crippen molar-refractivity contribution >= 4 is 0 Å². The largest absolute Gasteiger partial charge is 0.392 e. The second-order valence-electron chi connectivity index (χ2n) is 10.6. The van der Waals surface area contributed by atoms with Crippen molar-refractivity contribution in [2.75, 3.05) is 13.1 Å². The summed E-state index contributed by atoms with van der Waals surface area (Å²) in [5, 5.41) is 23.5. The Bertz CT molecular complexity index is 318. The molecule has 0 fully saturated rings. The topological polar surface area (TPSA) is 52.5 Å². The third kappa shape index (κ3) is 28.0. The molecule has 3 heteroatoms. The van der Waals surface area contributed by atoms with Crippen LogP contribution in [-0.2, 0) is 0 Å². The van der Waals surface area contributed by atoms with E-state index >= 15 is 0 Å². The van der Waals surface area contributed by atoms with Crippen molar-refractivity contribution in [2.24, 2.45) is 0 Å². The molecule has 0 amide bonds. The maximum absolute atomic E-state index is 10.1. The highest BCUT2D eigenvalue weighted by Crippen LogP contribution is 2.14. The standard InChI is InChI=1S/C30H63NO2/c1-3-5-7-9-11-13-15-17-19-21-23-25-29(32)27-31-28-30(33)26-24-22-20-18-16-14-12-10-8-6-4-2/h29-33H,3-28H2,1-2H3. The Hall–Kier alpha value is -0.120. The lowest BCUT2D eigenvalue weighted by Gasteiger charge is -2.15. The van der Waals surface area contributed by atoms with E-state index in [4.69, 9.17) is 0 Å². The Morgan fingerprint density at radius 1 is 0.394 bits per heavy atom. The van der Waals surface area contributed by atoms with Gasteiger partial charge in [-0.1, -0.05) is 155 Å². The summed E-state index contributed by atoms with van der Waals surface area (Å²) in [5.41, 5.74) is 0. The molecule has 0 saturated carbocycles. The summed E-state index contributed by atoms with van der Waals surface area (Å²) in [5.74, 6) is 0. The number of aliphatic hydroxyl groups excluding tert-OH is 2. The predicted octanol–water partition coefficient (Wildman–Crippen LogP) is 8.70. The number of hydrogen-bond acceptors (Lipinski definition) is 3. The number of nitrogens with one attached hydrogen (secondary N) is 1. The highest BCUT2D eigenvalue weighted by molar-refractivity contribution is 4.64. The summed E-state index contributed by atoms with van der Waals surface area (Å²) in [7, 11) is 0. The normalized spacial score (nSPS) is 13.5. The first-order chi connectivity index (χ1) is 16.2. The predicted molar refractivity (Wildman–Crippen MR) is 147 cm³/mol. The minimum atomic E-state index is -0.266. The van der Waals surface area contributed by atoms with Crippen molar-refractivity contribution in [1.29, 1.82) is 0 Å². The zero-order valence-corrected chi connectivity index (χ0v) is 22.9. The lowest BCUT2D eigenvalue weighted by atomic mass is 10.0. The Kier molecular flexibility index (Phi) is 28.0. The second-order valence-corrected chi connectivity index (χ2v) is 10.6. The molecule has 2 atom stereocenters. The second kappa shape index (κ2) is 28.1. The summed E-state index contributed by atoms with van der Waals surface area (Å²) >= 11 is 0. The van der Waals surface area contributed by atoms with Gasteiger partial charge in [0.15, 0.2) is 0 Å². The summed E-state index contributed by atoms with van der Waals surface area (Å²) in [6.07, 6.45) is 30.8. The van der Waals surface area contributed by atoms with Gasteiger partial charge in [0, 0.05) is 13.1 Å². The van der Waals surface area contributed by atoms with Crippen LogP contribution in [0.4, 0.5) is 0 Å². The van der Waals surface area contributed by atoms with E-state index in [1.165, 1.54) is 128 Å². The molecule has 0 saturated heterocycles. The molecule has 0 bridgehead atoms. The SMILES string of the molecule is CCCCCCCCCCCCCC(O)CNCC(O)CCCCCCCCCCCCC. The van der Waals surface area contributed by atoms with Gasteiger partial charge in [-0.05, 0) is 12.8 Å². The van der Waals surface area contributed by atoms with E-state index in [9.17, 15) is 10.2 Å². The molecule has 0 aliphatic heterocycles. The Morgan fingerprint density at radius 2 is 0.636 bits per heavy atom. The summed E-state index contributed by atoms with van der Waals surface area (Å²) in [4.78, 5) is 0. The lowest BCUT2D eigenvalue weighted by molar-refractivity contribution is 0.132. The maximum atomic E-state index is 10.1. The van der Waals surface area contributed by atoms with Crippen LogP contribution in [0.25, 0.3) is 0 Å². The van der Waals surface area contributed by atoms with E-state index in [-0.39, 0.29) is 12.2 Å². The van der Waals surface area contributed by atoms with Gasteiger partial charge in [0.25, 0.3) is 0 Å². The van der Waals surface area contributed by atoms with E-state index in [0.29, 0.717) is 13.1 Å². The number of unbranched alkanes of at least 4 members (excludes halogenated alkanes) is 20. The molecule has 2 unspecified atom stereocenters. The lowest BCUT2D eigenvalue weighted by Crippen LogP contribution is -2.33. The van der Waals surface area contributed by atoms with Crippen molar-refractivity contribution in [3.63, 3.8) is 0 Å². The molecule has 0 aromatic rings. The molecule has 0 aliphatic carbocycles. The van der Waals surface area contributed by atoms with Crippen molar-refractivity contribution in [1.82, 2.24) is 5.32 Å². The zero-order valence-electron chi connectivity index (χ0n) is 22.9. The van der Waals surface area contributed by atoms with Crippen LogP contribution in [-0.4, -0.2) is 35.5 Å². The van der Waals surface area contributed by atoms with E-state index < -0.39 is 0 Å². The number of rotatable bonds is 28. The fraction of sp³-hybridized carbons (Fsp3) is 1.00. The zero-order chi connectivity index (χ0) is 24.2. The maximum Gasteiger partial charge on any atom is 0.0664 e. The number of aliphatic hydroxyl groups is 2. The van der Waals surface area contributed by atoms with Crippen LogP contribution in [0.5, 0.6) is 0 Å². The molecule has 0 aromatic heterocycles. The Balaban J connectivity index is 3.27. The highest BCUT2D eigenvalue weighted by Gasteiger charge is 2.07. The molecule has 0 radical (unpaired) electrons. The van der Waals surface area contributed by atoms with Gasteiger partial charge in [-0.15, -0.1) is 0 Å². The summed E-state index contributed by atoms with van der Waals surface area (Å²) in [6.45, 7) is 5.79. The van der Waals surface area contributed by atoms with Gasteiger partial charge in [0.2, 0.25) is 0 Å². The van der Waals surface area contributed by atoms with Crippen LogP contribution in [0.2, 0.25) is 0 Å². The van der Waals surface area contributed by atoms with E-state index in [0.717, 1.165) is 25.7 Å². The fourth-order valence-corrected chi connectivity index (χ4v) is 4.71. The van der Waals surface area contributed by atoms with Crippen LogP contribution in [0, 0.1) is 0 Å². The molecule has 0 spiro atoms.